The molecule has 4 heteroatoms. The zero-order valence-electron chi connectivity index (χ0n) is 13.6. The highest BCUT2D eigenvalue weighted by Crippen LogP contribution is 2.22. The average molecular weight is 306 g/mol. The maximum Gasteiger partial charge on any atom is 0.140 e. The highest BCUT2D eigenvalue weighted by molar-refractivity contribution is 5.60. The standard InChI is InChI=1S/C19H22N4/c1-22(2)18-9-7-17(8-10-18)19-21-11-12-23(19)14-16-5-3-15(13-20)4-6-16/h3-12H,13-14,20H2,1-2H3. The molecule has 0 aliphatic heterocycles. The van der Waals surface area contributed by atoms with Crippen molar-refractivity contribution in [2.24, 2.45) is 5.73 Å². The fourth-order valence-corrected chi connectivity index (χ4v) is 2.58. The van der Waals surface area contributed by atoms with E-state index in [4.69, 9.17) is 5.73 Å². The van der Waals surface area contributed by atoms with Crippen LogP contribution in [0, 0.1) is 0 Å². The number of nitrogens with two attached hydrogens (primary N) is 1. The van der Waals surface area contributed by atoms with Gasteiger partial charge in [0.25, 0.3) is 0 Å². The fourth-order valence-electron chi connectivity index (χ4n) is 2.58. The highest BCUT2D eigenvalue weighted by atomic mass is 15.1. The molecule has 0 amide bonds. The molecule has 118 valence electrons. The second-order valence-corrected chi connectivity index (χ2v) is 5.84. The van der Waals surface area contributed by atoms with E-state index in [0.717, 1.165) is 23.5 Å². The zero-order chi connectivity index (χ0) is 16.2. The highest BCUT2D eigenvalue weighted by Gasteiger charge is 2.07. The smallest absolute Gasteiger partial charge is 0.140 e. The third kappa shape index (κ3) is 3.43. The second kappa shape index (κ2) is 6.67. The molecule has 4 nitrogen and oxygen atoms in total. The van der Waals surface area contributed by atoms with Crippen molar-refractivity contribution < 1.29 is 0 Å². The first kappa shape index (κ1) is 15.3. The van der Waals surface area contributed by atoms with Crippen LogP contribution in [-0.2, 0) is 13.1 Å². The van der Waals surface area contributed by atoms with Crippen molar-refractivity contribution in [3.05, 3.63) is 72.1 Å². The molecule has 23 heavy (non-hydrogen) atoms. The van der Waals surface area contributed by atoms with Gasteiger partial charge in [-0.25, -0.2) is 4.98 Å². The number of aromatic nitrogens is 2. The van der Waals surface area contributed by atoms with Crippen LogP contribution in [0.1, 0.15) is 11.1 Å². The Morgan fingerprint density at radius 3 is 2.22 bits per heavy atom. The normalized spacial score (nSPS) is 10.7. The Morgan fingerprint density at radius 1 is 0.957 bits per heavy atom. The van der Waals surface area contributed by atoms with Crippen molar-refractivity contribution in [1.82, 2.24) is 9.55 Å². The minimum Gasteiger partial charge on any atom is -0.378 e. The summed E-state index contributed by atoms with van der Waals surface area (Å²) in [5, 5.41) is 0. The van der Waals surface area contributed by atoms with Gasteiger partial charge in [-0.1, -0.05) is 24.3 Å². The van der Waals surface area contributed by atoms with Crippen LogP contribution >= 0.6 is 0 Å². The molecule has 3 aromatic rings. The number of anilines is 1. The molecule has 0 atom stereocenters. The van der Waals surface area contributed by atoms with Crippen molar-refractivity contribution in [3.8, 4) is 11.4 Å². The van der Waals surface area contributed by atoms with E-state index in [-0.39, 0.29) is 0 Å². The number of hydrogen-bond acceptors (Lipinski definition) is 3. The summed E-state index contributed by atoms with van der Waals surface area (Å²) in [6, 6.07) is 16.9. The van der Waals surface area contributed by atoms with Crippen molar-refractivity contribution in [2.45, 2.75) is 13.1 Å². The molecule has 1 aromatic heterocycles. The van der Waals surface area contributed by atoms with E-state index in [1.54, 1.807) is 0 Å². The zero-order valence-corrected chi connectivity index (χ0v) is 13.6. The van der Waals surface area contributed by atoms with Crippen LogP contribution in [0.3, 0.4) is 0 Å². The van der Waals surface area contributed by atoms with Crippen LogP contribution in [0.5, 0.6) is 0 Å². The predicted octanol–water partition coefficient (Wildman–Crippen LogP) is 3.12. The Bertz CT molecular complexity index is 755. The van der Waals surface area contributed by atoms with Crippen LogP contribution in [0.2, 0.25) is 0 Å². The maximum absolute atomic E-state index is 5.65. The minimum atomic E-state index is 0.578. The van der Waals surface area contributed by atoms with E-state index in [1.165, 1.54) is 11.3 Å². The van der Waals surface area contributed by atoms with Gasteiger partial charge in [0.1, 0.15) is 5.82 Å². The van der Waals surface area contributed by atoms with Gasteiger partial charge in [-0.15, -0.1) is 0 Å². The summed E-state index contributed by atoms with van der Waals surface area (Å²) in [6.45, 7) is 1.38. The summed E-state index contributed by atoms with van der Waals surface area (Å²) >= 11 is 0. The second-order valence-electron chi connectivity index (χ2n) is 5.84. The lowest BCUT2D eigenvalue weighted by Gasteiger charge is -2.13. The number of hydrogen-bond donors (Lipinski definition) is 1. The van der Waals surface area contributed by atoms with Crippen LogP contribution in [-0.4, -0.2) is 23.6 Å². The van der Waals surface area contributed by atoms with Gasteiger partial charge in [0.05, 0.1) is 0 Å². The van der Waals surface area contributed by atoms with Gasteiger partial charge >= 0.3 is 0 Å². The molecule has 2 aromatic carbocycles. The van der Waals surface area contributed by atoms with Crippen molar-refractivity contribution in [3.63, 3.8) is 0 Å². The van der Waals surface area contributed by atoms with Crippen molar-refractivity contribution in [2.75, 3.05) is 19.0 Å². The Hall–Kier alpha value is -2.59. The molecular formula is C19H22N4. The van der Waals surface area contributed by atoms with Gasteiger partial charge in [0.15, 0.2) is 0 Å². The molecule has 0 unspecified atom stereocenters. The molecule has 3 rings (SSSR count). The van der Waals surface area contributed by atoms with E-state index in [0.29, 0.717) is 6.54 Å². The molecule has 0 saturated carbocycles. The van der Waals surface area contributed by atoms with Crippen LogP contribution in [0.25, 0.3) is 11.4 Å². The van der Waals surface area contributed by atoms with Crippen LogP contribution < -0.4 is 10.6 Å². The molecule has 0 saturated heterocycles. The first-order valence-corrected chi connectivity index (χ1v) is 7.74. The lowest BCUT2D eigenvalue weighted by molar-refractivity contribution is 0.806. The molecule has 0 fully saturated rings. The van der Waals surface area contributed by atoms with Crippen LogP contribution in [0.4, 0.5) is 5.69 Å². The SMILES string of the molecule is CN(C)c1ccc(-c2nccn2Cc2ccc(CN)cc2)cc1. The van der Waals surface area contributed by atoms with Gasteiger partial charge in [-0.3, -0.25) is 0 Å². The monoisotopic (exact) mass is 306 g/mol. The van der Waals surface area contributed by atoms with Gasteiger partial charge in [0, 0.05) is 50.8 Å². The molecule has 0 aliphatic carbocycles. The molecule has 2 N–H and O–H groups in total. The Balaban J connectivity index is 1.83. The minimum absolute atomic E-state index is 0.578. The topological polar surface area (TPSA) is 47.1 Å². The Morgan fingerprint density at radius 2 is 1.61 bits per heavy atom. The maximum atomic E-state index is 5.65. The summed E-state index contributed by atoms with van der Waals surface area (Å²) in [4.78, 5) is 6.61. The molecule has 0 bridgehead atoms. The molecule has 0 radical (unpaired) electrons. The lowest BCUT2D eigenvalue weighted by atomic mass is 10.1. The van der Waals surface area contributed by atoms with E-state index >= 15 is 0 Å². The van der Waals surface area contributed by atoms with Gasteiger partial charge in [-0.05, 0) is 35.4 Å². The summed E-state index contributed by atoms with van der Waals surface area (Å²) in [5.74, 6) is 0.984. The average Bonchev–Trinajstić information content (AvgIpc) is 3.04. The summed E-state index contributed by atoms with van der Waals surface area (Å²) in [7, 11) is 4.09. The number of imidazole rings is 1. The largest absolute Gasteiger partial charge is 0.378 e. The molecule has 0 aliphatic rings. The fraction of sp³-hybridized carbons (Fsp3) is 0.211. The summed E-state index contributed by atoms with van der Waals surface area (Å²) < 4.78 is 2.17. The number of rotatable bonds is 5. The van der Waals surface area contributed by atoms with Crippen molar-refractivity contribution in [1.29, 1.82) is 0 Å². The summed E-state index contributed by atoms with van der Waals surface area (Å²) in [5.41, 5.74) is 10.4. The third-order valence-electron chi connectivity index (χ3n) is 3.97. The van der Waals surface area contributed by atoms with Gasteiger partial charge < -0.3 is 15.2 Å². The quantitative estimate of drug-likeness (QED) is 0.788. The Kier molecular flexibility index (Phi) is 4.44. The number of nitrogens with zero attached hydrogens (tertiary/aromatic N) is 3. The van der Waals surface area contributed by atoms with Crippen LogP contribution in [0.15, 0.2) is 60.9 Å². The first-order chi connectivity index (χ1) is 11.2. The Labute approximate surface area is 137 Å². The van der Waals surface area contributed by atoms with E-state index in [1.807, 2.05) is 26.5 Å². The molecule has 0 spiro atoms. The van der Waals surface area contributed by atoms with Crippen molar-refractivity contribution >= 4 is 5.69 Å². The predicted molar refractivity (Wildman–Crippen MR) is 95.4 cm³/mol. The van der Waals surface area contributed by atoms with Gasteiger partial charge in [0.2, 0.25) is 0 Å². The van der Waals surface area contributed by atoms with Gasteiger partial charge in [-0.2, -0.15) is 0 Å². The third-order valence-corrected chi connectivity index (χ3v) is 3.97. The lowest BCUT2D eigenvalue weighted by Crippen LogP contribution is -2.08. The van der Waals surface area contributed by atoms with E-state index < -0.39 is 0 Å². The summed E-state index contributed by atoms with van der Waals surface area (Å²) in [6.07, 6.45) is 3.87. The molecule has 1 heterocycles. The molecular weight excluding hydrogens is 284 g/mol. The van der Waals surface area contributed by atoms with E-state index in [9.17, 15) is 0 Å². The number of benzene rings is 2. The first-order valence-electron chi connectivity index (χ1n) is 7.74. The van der Waals surface area contributed by atoms with E-state index in [2.05, 4.69) is 63.0 Å².